The van der Waals surface area contributed by atoms with Crippen LogP contribution in [0.15, 0.2) is 42.5 Å². The van der Waals surface area contributed by atoms with Gasteiger partial charge in [0.05, 0.1) is 5.02 Å². The fourth-order valence-corrected chi connectivity index (χ4v) is 2.16. The van der Waals surface area contributed by atoms with Gasteiger partial charge in [-0.2, -0.15) is 0 Å². The molecule has 0 spiro atoms. The van der Waals surface area contributed by atoms with E-state index in [4.69, 9.17) is 11.6 Å². The van der Waals surface area contributed by atoms with Gasteiger partial charge in [-0.15, -0.1) is 0 Å². The van der Waals surface area contributed by atoms with Crippen LogP contribution in [0.25, 0.3) is 0 Å². The Morgan fingerprint density at radius 1 is 1.05 bits per heavy atom. The van der Waals surface area contributed by atoms with Gasteiger partial charge in [-0.05, 0) is 42.3 Å². The Kier molecular flexibility index (Phi) is 5.14. The summed E-state index contributed by atoms with van der Waals surface area (Å²) in [5.74, 6) is 5.27. The van der Waals surface area contributed by atoms with E-state index in [0.29, 0.717) is 5.02 Å². The lowest BCUT2D eigenvalue weighted by molar-refractivity contribution is -0.134. The molecule has 0 fully saturated rings. The third kappa shape index (κ3) is 4.31. The van der Waals surface area contributed by atoms with Crippen LogP contribution in [0.4, 0.5) is 0 Å². The molecule has 110 valence electrons. The predicted octanol–water partition coefficient (Wildman–Crippen LogP) is 3.75. The number of benzene rings is 2. The van der Waals surface area contributed by atoms with Crippen molar-refractivity contribution in [3.63, 3.8) is 0 Å². The van der Waals surface area contributed by atoms with Gasteiger partial charge in [-0.1, -0.05) is 41.6 Å². The van der Waals surface area contributed by atoms with Crippen molar-refractivity contribution >= 4 is 23.2 Å². The summed E-state index contributed by atoms with van der Waals surface area (Å²) < 4.78 is 0. The number of Topliss-reactive ketones (excluding diaryl/α,β-unsaturated/α-hetero) is 2. The number of halogens is 1. The zero-order valence-corrected chi connectivity index (χ0v) is 13.2. The van der Waals surface area contributed by atoms with E-state index < -0.39 is 5.78 Å². The zero-order valence-electron chi connectivity index (χ0n) is 12.4. The molecule has 0 amide bonds. The molecule has 0 aliphatic rings. The summed E-state index contributed by atoms with van der Waals surface area (Å²) in [5, 5.41) is 0.635. The first-order chi connectivity index (χ1) is 10.5. The molecule has 0 saturated heterocycles. The number of hydrogen-bond acceptors (Lipinski definition) is 2. The van der Waals surface area contributed by atoms with Gasteiger partial charge in [0.1, 0.15) is 0 Å². The summed E-state index contributed by atoms with van der Waals surface area (Å²) in [6.07, 6.45) is 0.132. The summed E-state index contributed by atoms with van der Waals surface area (Å²) in [6.45, 7) is 3.26. The summed E-state index contributed by atoms with van der Waals surface area (Å²) in [5.41, 5.74) is 3.51. The monoisotopic (exact) mass is 310 g/mol. The molecule has 0 aliphatic heterocycles. The normalized spacial score (nSPS) is 9.77. The second kappa shape index (κ2) is 7.06. The van der Waals surface area contributed by atoms with Crippen LogP contribution in [0.3, 0.4) is 0 Å². The Morgan fingerprint density at radius 2 is 1.73 bits per heavy atom. The van der Waals surface area contributed by atoms with Gasteiger partial charge in [0.2, 0.25) is 5.78 Å². The van der Waals surface area contributed by atoms with Crippen molar-refractivity contribution in [3.05, 3.63) is 69.7 Å². The van der Waals surface area contributed by atoms with Crippen LogP contribution in [0.2, 0.25) is 5.02 Å². The lowest BCUT2D eigenvalue weighted by atomic mass is 10.0. The highest BCUT2D eigenvalue weighted by atomic mass is 35.5. The molecule has 2 nitrogen and oxygen atoms in total. The van der Waals surface area contributed by atoms with Crippen LogP contribution in [0.1, 0.15) is 29.2 Å². The Balaban J connectivity index is 2.13. The van der Waals surface area contributed by atoms with Crippen LogP contribution >= 0.6 is 11.6 Å². The highest BCUT2D eigenvalue weighted by Gasteiger charge is 2.08. The topological polar surface area (TPSA) is 34.1 Å². The highest BCUT2D eigenvalue weighted by Crippen LogP contribution is 2.16. The van der Waals surface area contributed by atoms with E-state index in [1.54, 1.807) is 0 Å². The van der Waals surface area contributed by atoms with Crippen LogP contribution in [0, 0.1) is 18.8 Å². The highest BCUT2D eigenvalue weighted by molar-refractivity contribution is 6.36. The summed E-state index contributed by atoms with van der Waals surface area (Å²) in [7, 11) is 0. The summed E-state index contributed by atoms with van der Waals surface area (Å²) in [4.78, 5) is 22.3. The second-order valence-electron chi connectivity index (χ2n) is 5.09. The smallest absolute Gasteiger partial charge is 0.202 e. The SMILES string of the molecule is CC(=O)C(=O)Cc1ccc(C#Cc2ccc(C)cc2Cl)cc1. The maximum atomic E-state index is 11.4. The number of hydrogen-bond donors (Lipinski definition) is 0. The first kappa shape index (κ1) is 16.0. The van der Waals surface area contributed by atoms with Crippen molar-refractivity contribution in [1.82, 2.24) is 0 Å². The molecule has 0 bridgehead atoms. The molecule has 0 aromatic heterocycles. The zero-order chi connectivity index (χ0) is 16.1. The number of aryl methyl sites for hydroxylation is 1. The van der Waals surface area contributed by atoms with Crippen LogP contribution in [-0.4, -0.2) is 11.6 Å². The maximum absolute atomic E-state index is 11.4. The number of ketones is 2. The molecule has 0 atom stereocenters. The predicted molar refractivity (Wildman–Crippen MR) is 88.0 cm³/mol. The number of carbonyl (C=O) groups excluding carboxylic acids is 2. The van der Waals surface area contributed by atoms with Gasteiger partial charge in [-0.3, -0.25) is 9.59 Å². The van der Waals surface area contributed by atoms with Gasteiger partial charge < -0.3 is 0 Å². The third-order valence-corrected chi connectivity index (χ3v) is 3.49. The molecule has 3 heteroatoms. The Labute approximate surface area is 135 Å². The van der Waals surface area contributed by atoms with E-state index in [-0.39, 0.29) is 12.2 Å². The molecule has 0 N–H and O–H groups in total. The van der Waals surface area contributed by atoms with Gasteiger partial charge in [0.15, 0.2) is 5.78 Å². The Morgan fingerprint density at radius 3 is 2.32 bits per heavy atom. The molecule has 0 aliphatic carbocycles. The third-order valence-electron chi connectivity index (χ3n) is 3.18. The molecule has 22 heavy (non-hydrogen) atoms. The van der Waals surface area contributed by atoms with Crippen molar-refractivity contribution in [1.29, 1.82) is 0 Å². The van der Waals surface area contributed by atoms with Gasteiger partial charge in [0, 0.05) is 24.5 Å². The van der Waals surface area contributed by atoms with Crippen LogP contribution in [-0.2, 0) is 16.0 Å². The molecule has 0 heterocycles. The Bertz CT molecular complexity index is 777. The largest absolute Gasteiger partial charge is 0.291 e. The Hall–Kier alpha value is -2.37. The first-order valence-electron chi connectivity index (χ1n) is 6.86. The van der Waals surface area contributed by atoms with E-state index in [0.717, 1.165) is 22.3 Å². The lowest BCUT2D eigenvalue weighted by Crippen LogP contribution is -2.12. The first-order valence-corrected chi connectivity index (χ1v) is 7.24. The molecule has 2 aromatic rings. The molecule has 2 aromatic carbocycles. The van der Waals surface area contributed by atoms with E-state index >= 15 is 0 Å². The van der Waals surface area contributed by atoms with E-state index in [1.165, 1.54) is 6.92 Å². The van der Waals surface area contributed by atoms with Gasteiger partial charge in [0.25, 0.3) is 0 Å². The molecule has 0 unspecified atom stereocenters. The van der Waals surface area contributed by atoms with E-state index in [2.05, 4.69) is 11.8 Å². The minimum Gasteiger partial charge on any atom is -0.291 e. The lowest BCUT2D eigenvalue weighted by Gasteiger charge is -1.99. The van der Waals surface area contributed by atoms with E-state index in [9.17, 15) is 9.59 Å². The summed E-state index contributed by atoms with van der Waals surface area (Å²) in [6, 6.07) is 13.0. The number of rotatable bonds is 3. The van der Waals surface area contributed by atoms with Crippen molar-refractivity contribution in [3.8, 4) is 11.8 Å². The van der Waals surface area contributed by atoms with Crippen LogP contribution < -0.4 is 0 Å². The van der Waals surface area contributed by atoms with Gasteiger partial charge in [-0.25, -0.2) is 0 Å². The maximum Gasteiger partial charge on any atom is 0.202 e. The van der Waals surface area contributed by atoms with E-state index in [1.807, 2.05) is 49.4 Å². The minimum absolute atomic E-state index is 0.132. The molecule has 0 radical (unpaired) electrons. The van der Waals surface area contributed by atoms with Crippen LogP contribution in [0.5, 0.6) is 0 Å². The van der Waals surface area contributed by atoms with Crippen molar-refractivity contribution < 1.29 is 9.59 Å². The molecular formula is C19H15ClO2. The summed E-state index contributed by atoms with van der Waals surface area (Å²) >= 11 is 6.14. The van der Waals surface area contributed by atoms with Crippen molar-refractivity contribution in [2.45, 2.75) is 20.3 Å². The fourth-order valence-electron chi connectivity index (χ4n) is 1.88. The standard InChI is InChI=1S/C19H15ClO2/c1-13-3-9-17(18(20)11-13)10-8-15-4-6-16(7-5-15)12-19(22)14(2)21/h3-7,9,11H,12H2,1-2H3. The average molecular weight is 311 g/mol. The van der Waals surface area contributed by atoms with Gasteiger partial charge >= 0.3 is 0 Å². The van der Waals surface area contributed by atoms with Crippen molar-refractivity contribution in [2.24, 2.45) is 0 Å². The molecular weight excluding hydrogens is 296 g/mol. The molecule has 2 rings (SSSR count). The second-order valence-corrected chi connectivity index (χ2v) is 5.49. The fraction of sp³-hybridized carbons (Fsp3) is 0.158. The average Bonchev–Trinajstić information content (AvgIpc) is 2.47. The number of carbonyl (C=O) groups is 2. The minimum atomic E-state index is -0.419. The molecule has 0 saturated carbocycles. The van der Waals surface area contributed by atoms with Crippen molar-refractivity contribution in [2.75, 3.05) is 0 Å². The quantitative estimate of drug-likeness (QED) is 0.639.